The monoisotopic (exact) mass is 434 g/mol. The lowest BCUT2D eigenvalue weighted by molar-refractivity contribution is 0.0969. The first kappa shape index (κ1) is 20.0. The van der Waals surface area contributed by atoms with Gasteiger partial charge in [-0.3, -0.25) is 14.5 Å². The van der Waals surface area contributed by atoms with Crippen LogP contribution in [-0.4, -0.2) is 17.2 Å². The summed E-state index contributed by atoms with van der Waals surface area (Å²) in [4.78, 5) is 28.2. The minimum absolute atomic E-state index is 0.0611. The van der Waals surface area contributed by atoms with E-state index in [4.69, 9.17) is 13.7 Å². The third-order valence-electron chi connectivity index (χ3n) is 5.24. The fourth-order valence-corrected chi connectivity index (χ4v) is 3.99. The normalized spacial score (nSPS) is 15.6. The maximum atomic E-state index is 13.9. The Kier molecular flexibility index (Phi) is 4.58. The van der Waals surface area contributed by atoms with Gasteiger partial charge in [-0.1, -0.05) is 17.3 Å². The number of carbonyl (C=O) groups excluding carboxylic acids is 1. The van der Waals surface area contributed by atoms with Crippen molar-refractivity contribution in [3.63, 3.8) is 0 Å². The molecule has 1 aliphatic rings. The number of halogens is 1. The van der Waals surface area contributed by atoms with E-state index < -0.39 is 23.2 Å². The highest BCUT2D eigenvalue weighted by Gasteiger charge is 2.45. The minimum Gasteiger partial charge on any atom is -0.491 e. The second-order valence-electron chi connectivity index (χ2n) is 7.93. The van der Waals surface area contributed by atoms with Crippen LogP contribution >= 0.6 is 0 Å². The van der Waals surface area contributed by atoms with E-state index in [1.165, 1.54) is 17.0 Å². The third kappa shape index (κ3) is 3.15. The Morgan fingerprint density at radius 1 is 1.12 bits per heavy atom. The average Bonchev–Trinajstić information content (AvgIpc) is 3.29. The number of ether oxygens (including phenoxy) is 1. The maximum absolute atomic E-state index is 13.9. The van der Waals surface area contributed by atoms with Crippen LogP contribution in [0.2, 0.25) is 0 Å². The number of fused-ring (bicyclic) bond motifs is 2. The number of hydrogen-bond acceptors (Lipinski definition) is 6. The van der Waals surface area contributed by atoms with Crippen molar-refractivity contribution in [2.24, 2.45) is 0 Å². The van der Waals surface area contributed by atoms with Crippen LogP contribution in [0, 0.1) is 12.7 Å². The molecule has 0 saturated carbocycles. The zero-order valence-corrected chi connectivity index (χ0v) is 17.6. The van der Waals surface area contributed by atoms with Crippen molar-refractivity contribution in [1.82, 2.24) is 5.16 Å². The minimum atomic E-state index is -0.846. The topological polar surface area (TPSA) is 85.8 Å². The number of benzene rings is 2. The molecular formula is C24H19FN2O5. The van der Waals surface area contributed by atoms with Crippen molar-refractivity contribution in [2.75, 3.05) is 4.90 Å². The molecule has 8 heteroatoms. The molecule has 3 heterocycles. The maximum Gasteiger partial charge on any atom is 0.296 e. The molecule has 1 aliphatic heterocycles. The summed E-state index contributed by atoms with van der Waals surface area (Å²) in [6.07, 6.45) is -0.0611. The Bertz CT molecular complexity index is 1420. The van der Waals surface area contributed by atoms with E-state index in [1.807, 2.05) is 13.8 Å². The summed E-state index contributed by atoms with van der Waals surface area (Å²) in [5.41, 5.74) is 0.406. The molecule has 1 atom stereocenters. The van der Waals surface area contributed by atoms with Gasteiger partial charge < -0.3 is 13.7 Å². The van der Waals surface area contributed by atoms with E-state index in [0.29, 0.717) is 17.1 Å². The SMILES string of the molecule is Cc1cc(N2C(=O)c3oc4ccc(F)cc4c(=O)c3C2c2cccc(OC(C)C)c2)no1. The third-order valence-corrected chi connectivity index (χ3v) is 5.24. The van der Waals surface area contributed by atoms with Crippen LogP contribution in [0.15, 0.2) is 62.3 Å². The van der Waals surface area contributed by atoms with Gasteiger partial charge in [-0.05, 0) is 56.7 Å². The van der Waals surface area contributed by atoms with Gasteiger partial charge in [0.15, 0.2) is 11.2 Å². The molecule has 2 aromatic heterocycles. The van der Waals surface area contributed by atoms with Gasteiger partial charge in [0.2, 0.25) is 5.76 Å². The Morgan fingerprint density at radius 2 is 1.94 bits per heavy atom. The van der Waals surface area contributed by atoms with Crippen molar-refractivity contribution in [1.29, 1.82) is 0 Å². The summed E-state index contributed by atoms with van der Waals surface area (Å²) in [5, 5.41) is 4.05. The molecule has 0 bridgehead atoms. The number of aryl methyl sites for hydroxylation is 1. The van der Waals surface area contributed by atoms with Crippen molar-refractivity contribution in [3.8, 4) is 5.75 Å². The fourth-order valence-electron chi connectivity index (χ4n) is 3.99. The summed E-state index contributed by atoms with van der Waals surface area (Å²) < 4.78 is 30.7. The Hall–Kier alpha value is -3.94. The molecule has 0 saturated heterocycles. The first-order valence-corrected chi connectivity index (χ1v) is 10.1. The lowest BCUT2D eigenvalue weighted by Gasteiger charge is -2.23. The average molecular weight is 434 g/mol. The number of hydrogen-bond donors (Lipinski definition) is 0. The van der Waals surface area contributed by atoms with E-state index in [9.17, 15) is 14.0 Å². The lowest BCUT2D eigenvalue weighted by Crippen LogP contribution is -2.29. The Morgan fingerprint density at radius 3 is 2.66 bits per heavy atom. The summed E-state index contributed by atoms with van der Waals surface area (Å²) >= 11 is 0. The van der Waals surface area contributed by atoms with Gasteiger partial charge in [0.25, 0.3) is 5.91 Å². The van der Waals surface area contributed by atoms with Gasteiger partial charge in [0.05, 0.1) is 23.1 Å². The zero-order valence-electron chi connectivity index (χ0n) is 17.6. The van der Waals surface area contributed by atoms with Crippen LogP contribution in [0.5, 0.6) is 5.75 Å². The smallest absolute Gasteiger partial charge is 0.296 e. The molecule has 5 rings (SSSR count). The molecular weight excluding hydrogens is 415 g/mol. The molecule has 7 nitrogen and oxygen atoms in total. The van der Waals surface area contributed by atoms with Gasteiger partial charge in [-0.25, -0.2) is 4.39 Å². The first-order valence-electron chi connectivity index (χ1n) is 10.1. The van der Waals surface area contributed by atoms with Crippen molar-refractivity contribution in [2.45, 2.75) is 32.9 Å². The van der Waals surface area contributed by atoms with Crippen molar-refractivity contribution >= 4 is 22.7 Å². The van der Waals surface area contributed by atoms with Crippen LogP contribution in [-0.2, 0) is 0 Å². The number of rotatable bonds is 4. The molecule has 4 aromatic rings. The zero-order chi connectivity index (χ0) is 22.6. The first-order chi connectivity index (χ1) is 15.3. The predicted octanol–water partition coefficient (Wildman–Crippen LogP) is 4.77. The highest BCUT2D eigenvalue weighted by atomic mass is 19.1. The van der Waals surface area contributed by atoms with Gasteiger partial charge in [0.1, 0.15) is 22.9 Å². The van der Waals surface area contributed by atoms with Gasteiger partial charge in [0, 0.05) is 6.07 Å². The number of aromatic nitrogens is 1. The summed E-state index contributed by atoms with van der Waals surface area (Å²) in [7, 11) is 0. The van der Waals surface area contributed by atoms with E-state index in [2.05, 4.69) is 5.16 Å². The van der Waals surface area contributed by atoms with Crippen LogP contribution in [0.1, 0.15) is 47.3 Å². The van der Waals surface area contributed by atoms with Crippen molar-refractivity contribution in [3.05, 3.63) is 87.2 Å². The number of carbonyl (C=O) groups is 1. The molecule has 1 amide bonds. The quantitative estimate of drug-likeness (QED) is 0.460. The molecule has 1 unspecified atom stereocenters. The molecule has 162 valence electrons. The van der Waals surface area contributed by atoms with Crippen LogP contribution in [0.25, 0.3) is 11.0 Å². The number of anilines is 1. The molecule has 0 spiro atoms. The Balaban J connectivity index is 1.78. The fraction of sp³-hybridized carbons (Fsp3) is 0.208. The van der Waals surface area contributed by atoms with Crippen LogP contribution in [0.4, 0.5) is 10.2 Å². The van der Waals surface area contributed by atoms with E-state index in [0.717, 1.165) is 6.07 Å². The standard InChI is InChI=1S/C24H19FN2O5/c1-12(2)30-16-6-4-5-14(10-16)21-20-22(28)17-11-15(25)7-8-18(17)31-23(20)24(29)27(21)19-9-13(3)32-26-19/h4-12,21H,1-3H3. The van der Waals surface area contributed by atoms with E-state index in [-0.39, 0.29) is 34.2 Å². The summed E-state index contributed by atoms with van der Waals surface area (Å²) in [5.74, 6) is 0.138. The molecule has 0 fully saturated rings. The van der Waals surface area contributed by atoms with Gasteiger partial charge in [-0.2, -0.15) is 0 Å². The molecule has 0 N–H and O–H groups in total. The van der Waals surface area contributed by atoms with Crippen molar-refractivity contribution < 1.29 is 22.9 Å². The predicted molar refractivity (Wildman–Crippen MR) is 115 cm³/mol. The molecule has 0 radical (unpaired) electrons. The molecule has 2 aromatic carbocycles. The van der Waals surface area contributed by atoms with E-state index >= 15 is 0 Å². The number of amides is 1. The second-order valence-corrected chi connectivity index (χ2v) is 7.93. The van der Waals surface area contributed by atoms with Gasteiger partial charge in [-0.15, -0.1) is 0 Å². The number of nitrogens with zero attached hydrogens (tertiary/aromatic N) is 2. The Labute approximate surface area is 182 Å². The van der Waals surface area contributed by atoms with Crippen LogP contribution < -0.4 is 15.1 Å². The molecule has 0 aliphatic carbocycles. The molecule has 32 heavy (non-hydrogen) atoms. The lowest BCUT2D eigenvalue weighted by atomic mass is 9.98. The highest BCUT2D eigenvalue weighted by Crippen LogP contribution is 2.41. The van der Waals surface area contributed by atoms with Gasteiger partial charge >= 0.3 is 0 Å². The van der Waals surface area contributed by atoms with E-state index in [1.54, 1.807) is 37.3 Å². The van der Waals surface area contributed by atoms with Crippen LogP contribution in [0.3, 0.4) is 0 Å². The summed E-state index contributed by atoms with van der Waals surface area (Å²) in [6.45, 7) is 5.51. The summed E-state index contributed by atoms with van der Waals surface area (Å²) in [6, 6.07) is 11.5. The second kappa shape index (κ2) is 7.33. The highest BCUT2D eigenvalue weighted by molar-refractivity contribution is 6.10. The largest absolute Gasteiger partial charge is 0.491 e.